The Labute approximate surface area is 67.9 Å². The molecule has 1 saturated carbocycles. The molecule has 1 saturated heterocycles. The van der Waals surface area contributed by atoms with Crippen LogP contribution >= 0.6 is 0 Å². The van der Waals surface area contributed by atoms with Crippen molar-refractivity contribution >= 4 is 0 Å². The highest BCUT2D eigenvalue weighted by molar-refractivity contribution is 4.74. The molecular weight excluding hydrogens is 140 g/mol. The molecule has 0 spiro atoms. The molecule has 2 heteroatoms. The lowest BCUT2D eigenvalue weighted by atomic mass is 10.0. The smallest absolute Gasteiger partial charge is 0.0577 e. The monoisotopic (exact) mass is 156 g/mol. The van der Waals surface area contributed by atoms with Gasteiger partial charge in [0.1, 0.15) is 0 Å². The average Bonchev–Trinajstić information content (AvgIpc) is 2.86. The summed E-state index contributed by atoms with van der Waals surface area (Å²) in [5.74, 6) is 0.782. The summed E-state index contributed by atoms with van der Waals surface area (Å²) in [7, 11) is 0. The van der Waals surface area contributed by atoms with Crippen LogP contribution in [-0.2, 0) is 9.47 Å². The molecule has 0 N–H and O–H groups in total. The van der Waals surface area contributed by atoms with Gasteiger partial charge in [-0.25, -0.2) is 0 Å². The van der Waals surface area contributed by atoms with Crippen molar-refractivity contribution in [2.45, 2.75) is 31.8 Å². The Bertz CT molecular complexity index is 115. The Hall–Kier alpha value is -0.0800. The molecule has 1 heterocycles. The second kappa shape index (κ2) is 3.55. The molecule has 0 bridgehead atoms. The maximum Gasteiger partial charge on any atom is 0.0577 e. The summed E-state index contributed by atoms with van der Waals surface area (Å²) >= 11 is 0. The molecular formula is C9H16O2. The van der Waals surface area contributed by atoms with E-state index in [1.165, 1.54) is 25.7 Å². The van der Waals surface area contributed by atoms with Gasteiger partial charge in [-0.05, 0) is 31.6 Å². The summed E-state index contributed by atoms with van der Waals surface area (Å²) in [6.45, 7) is 2.87. The summed E-state index contributed by atoms with van der Waals surface area (Å²) in [5, 5.41) is 0. The van der Waals surface area contributed by atoms with Gasteiger partial charge in [0.2, 0.25) is 0 Å². The quantitative estimate of drug-likeness (QED) is 0.617. The lowest BCUT2D eigenvalue weighted by Gasteiger charge is -2.21. The fraction of sp³-hybridized carbons (Fsp3) is 1.00. The zero-order valence-electron chi connectivity index (χ0n) is 6.92. The highest BCUT2D eigenvalue weighted by Gasteiger charge is 2.24. The molecule has 0 aromatic carbocycles. The van der Waals surface area contributed by atoms with Gasteiger partial charge < -0.3 is 9.47 Å². The lowest BCUT2D eigenvalue weighted by Crippen LogP contribution is -2.20. The molecule has 11 heavy (non-hydrogen) atoms. The number of rotatable bonds is 3. The van der Waals surface area contributed by atoms with Crippen molar-refractivity contribution in [1.29, 1.82) is 0 Å². The predicted molar refractivity (Wildman–Crippen MR) is 42.5 cm³/mol. The largest absolute Gasteiger partial charge is 0.381 e. The average molecular weight is 156 g/mol. The maximum atomic E-state index is 5.64. The van der Waals surface area contributed by atoms with Crippen molar-refractivity contribution in [3.05, 3.63) is 0 Å². The Kier molecular flexibility index (Phi) is 2.44. The van der Waals surface area contributed by atoms with Crippen LogP contribution in [0.2, 0.25) is 0 Å². The first-order chi connectivity index (χ1) is 5.45. The van der Waals surface area contributed by atoms with Gasteiger partial charge in [0.15, 0.2) is 0 Å². The molecule has 1 aliphatic heterocycles. The van der Waals surface area contributed by atoms with E-state index in [0.29, 0.717) is 6.10 Å². The fourth-order valence-corrected chi connectivity index (χ4v) is 1.42. The molecule has 0 amide bonds. The van der Waals surface area contributed by atoms with Crippen molar-refractivity contribution in [1.82, 2.24) is 0 Å². The van der Waals surface area contributed by atoms with E-state index < -0.39 is 0 Å². The van der Waals surface area contributed by atoms with Gasteiger partial charge in [0, 0.05) is 19.8 Å². The van der Waals surface area contributed by atoms with E-state index in [-0.39, 0.29) is 0 Å². The van der Waals surface area contributed by atoms with Crippen molar-refractivity contribution in [3.8, 4) is 0 Å². The van der Waals surface area contributed by atoms with Crippen molar-refractivity contribution in [3.63, 3.8) is 0 Å². The first-order valence-electron chi connectivity index (χ1n) is 4.64. The molecule has 2 nitrogen and oxygen atoms in total. The van der Waals surface area contributed by atoms with Crippen LogP contribution in [0.25, 0.3) is 0 Å². The van der Waals surface area contributed by atoms with Crippen molar-refractivity contribution in [2.75, 3.05) is 19.8 Å². The van der Waals surface area contributed by atoms with Crippen LogP contribution in [-0.4, -0.2) is 25.9 Å². The van der Waals surface area contributed by atoms with Gasteiger partial charge in [-0.2, -0.15) is 0 Å². The summed E-state index contributed by atoms with van der Waals surface area (Å²) in [4.78, 5) is 0. The molecule has 1 aliphatic carbocycles. The third kappa shape index (κ3) is 2.46. The highest BCUT2D eigenvalue weighted by atomic mass is 16.5. The van der Waals surface area contributed by atoms with Crippen LogP contribution in [0, 0.1) is 5.92 Å². The number of hydrogen-bond donors (Lipinski definition) is 0. The van der Waals surface area contributed by atoms with Gasteiger partial charge in [-0.3, -0.25) is 0 Å². The van der Waals surface area contributed by atoms with Crippen LogP contribution in [0.3, 0.4) is 0 Å². The summed E-state index contributed by atoms with van der Waals surface area (Å²) < 4.78 is 10.9. The Morgan fingerprint density at radius 1 is 1.09 bits per heavy atom. The third-order valence-corrected chi connectivity index (χ3v) is 2.43. The van der Waals surface area contributed by atoms with E-state index >= 15 is 0 Å². The Morgan fingerprint density at radius 2 is 1.82 bits per heavy atom. The fourth-order valence-electron chi connectivity index (χ4n) is 1.42. The third-order valence-electron chi connectivity index (χ3n) is 2.43. The summed E-state index contributed by atoms with van der Waals surface area (Å²) in [5.41, 5.74) is 0. The Balaban J connectivity index is 1.59. The van der Waals surface area contributed by atoms with E-state index in [0.717, 1.165) is 25.7 Å². The minimum Gasteiger partial charge on any atom is -0.381 e. The number of hydrogen-bond acceptors (Lipinski definition) is 2. The highest BCUT2D eigenvalue weighted by Crippen LogP contribution is 2.25. The van der Waals surface area contributed by atoms with E-state index in [1.807, 2.05) is 0 Å². The van der Waals surface area contributed by atoms with Crippen molar-refractivity contribution in [2.24, 2.45) is 5.92 Å². The molecule has 0 radical (unpaired) electrons. The summed E-state index contributed by atoms with van der Waals surface area (Å²) in [6, 6.07) is 0. The second-order valence-electron chi connectivity index (χ2n) is 3.59. The van der Waals surface area contributed by atoms with E-state index in [2.05, 4.69) is 0 Å². The first-order valence-corrected chi connectivity index (χ1v) is 4.64. The van der Waals surface area contributed by atoms with Gasteiger partial charge in [-0.15, -0.1) is 0 Å². The van der Waals surface area contributed by atoms with Crippen LogP contribution in [0.15, 0.2) is 0 Å². The van der Waals surface area contributed by atoms with E-state index in [4.69, 9.17) is 9.47 Å². The zero-order chi connectivity index (χ0) is 7.52. The van der Waals surface area contributed by atoms with Crippen LogP contribution in [0.1, 0.15) is 25.7 Å². The summed E-state index contributed by atoms with van der Waals surface area (Å²) in [6.07, 6.45) is 5.61. The van der Waals surface area contributed by atoms with Crippen LogP contribution in [0.5, 0.6) is 0 Å². The van der Waals surface area contributed by atoms with E-state index in [1.54, 1.807) is 0 Å². The molecule has 0 aromatic rings. The zero-order valence-corrected chi connectivity index (χ0v) is 6.92. The molecule has 64 valence electrons. The van der Waals surface area contributed by atoms with Crippen LogP contribution in [0.4, 0.5) is 0 Å². The standard InChI is InChI=1S/C9H16O2/c1-2-9(1)11-7-8-3-5-10-6-4-8/h8-9H,1-7H2. The van der Waals surface area contributed by atoms with Gasteiger partial charge in [0.05, 0.1) is 6.10 Å². The maximum absolute atomic E-state index is 5.64. The molecule has 2 aliphatic rings. The van der Waals surface area contributed by atoms with E-state index in [9.17, 15) is 0 Å². The molecule has 0 aromatic heterocycles. The van der Waals surface area contributed by atoms with Crippen LogP contribution < -0.4 is 0 Å². The number of ether oxygens (including phenoxy) is 2. The van der Waals surface area contributed by atoms with Gasteiger partial charge >= 0.3 is 0 Å². The Morgan fingerprint density at radius 3 is 2.45 bits per heavy atom. The lowest BCUT2D eigenvalue weighted by molar-refractivity contribution is 0.0155. The molecule has 2 rings (SSSR count). The minimum atomic E-state index is 0.623. The van der Waals surface area contributed by atoms with Crippen molar-refractivity contribution < 1.29 is 9.47 Å². The van der Waals surface area contributed by atoms with Gasteiger partial charge in [0.25, 0.3) is 0 Å². The predicted octanol–water partition coefficient (Wildman–Crippen LogP) is 1.59. The topological polar surface area (TPSA) is 18.5 Å². The first kappa shape index (κ1) is 7.56. The molecule has 2 fully saturated rings. The van der Waals surface area contributed by atoms with Gasteiger partial charge in [-0.1, -0.05) is 0 Å². The minimum absolute atomic E-state index is 0.623. The SMILES string of the molecule is C1CC(COC2CC2)CCO1. The normalized spacial score (nSPS) is 27.3. The molecule has 0 unspecified atom stereocenters. The molecule has 0 atom stereocenters. The second-order valence-corrected chi connectivity index (χ2v) is 3.59.